The van der Waals surface area contributed by atoms with Gasteiger partial charge in [-0.1, -0.05) is 0 Å². The number of hydrogen-bond donors (Lipinski definition) is 1. The summed E-state index contributed by atoms with van der Waals surface area (Å²) in [6.07, 6.45) is 4.78. The van der Waals surface area contributed by atoms with E-state index in [0.29, 0.717) is 6.04 Å². The zero-order chi connectivity index (χ0) is 12.3. The molecule has 1 unspecified atom stereocenters. The topological polar surface area (TPSA) is 24.9 Å². The molecule has 2 aromatic heterocycles. The zero-order valence-corrected chi connectivity index (χ0v) is 12.3. The van der Waals surface area contributed by atoms with Crippen molar-refractivity contribution in [2.45, 2.75) is 19.4 Å². The van der Waals surface area contributed by atoms with Crippen LogP contribution in [0, 0.1) is 6.92 Å². The van der Waals surface area contributed by atoms with Gasteiger partial charge >= 0.3 is 0 Å². The molecule has 0 aromatic carbocycles. The molecule has 2 rings (SSSR count). The molecule has 0 aliphatic carbocycles. The lowest BCUT2D eigenvalue weighted by Crippen LogP contribution is -2.19. The van der Waals surface area contributed by atoms with Crippen LogP contribution in [0.1, 0.15) is 22.0 Å². The van der Waals surface area contributed by atoms with Gasteiger partial charge in [0.1, 0.15) is 0 Å². The molecule has 4 heteroatoms. The van der Waals surface area contributed by atoms with Gasteiger partial charge < -0.3 is 5.32 Å². The monoisotopic (exact) mass is 310 g/mol. The Balaban J connectivity index is 2.23. The molecule has 17 heavy (non-hydrogen) atoms. The molecule has 0 radical (unpaired) electrons. The lowest BCUT2D eigenvalue weighted by molar-refractivity contribution is 0.590. The Morgan fingerprint density at radius 1 is 1.47 bits per heavy atom. The van der Waals surface area contributed by atoms with Crippen molar-refractivity contribution in [3.8, 4) is 0 Å². The molecule has 1 N–H and O–H groups in total. The van der Waals surface area contributed by atoms with Crippen LogP contribution in [0.25, 0.3) is 0 Å². The van der Waals surface area contributed by atoms with Crippen molar-refractivity contribution < 1.29 is 0 Å². The molecule has 2 aromatic rings. The van der Waals surface area contributed by atoms with Gasteiger partial charge in [0.25, 0.3) is 0 Å². The van der Waals surface area contributed by atoms with Crippen LogP contribution in [-0.4, -0.2) is 12.0 Å². The van der Waals surface area contributed by atoms with E-state index in [-0.39, 0.29) is 0 Å². The van der Waals surface area contributed by atoms with Gasteiger partial charge in [-0.15, -0.1) is 11.3 Å². The van der Waals surface area contributed by atoms with Gasteiger partial charge in [0.2, 0.25) is 0 Å². The highest BCUT2D eigenvalue weighted by molar-refractivity contribution is 9.10. The second-order valence-corrected chi connectivity index (χ2v) is 5.82. The lowest BCUT2D eigenvalue weighted by Gasteiger charge is -2.17. The van der Waals surface area contributed by atoms with Crippen LogP contribution in [0.15, 0.2) is 34.4 Å². The van der Waals surface area contributed by atoms with Crippen LogP contribution >= 0.6 is 27.3 Å². The minimum absolute atomic E-state index is 0.318. The summed E-state index contributed by atoms with van der Waals surface area (Å²) in [5.74, 6) is 0. The lowest BCUT2D eigenvalue weighted by atomic mass is 10.0. The van der Waals surface area contributed by atoms with Crippen LogP contribution in [0.4, 0.5) is 0 Å². The number of pyridine rings is 1. The van der Waals surface area contributed by atoms with Gasteiger partial charge in [-0.25, -0.2) is 0 Å². The van der Waals surface area contributed by atoms with Crippen molar-refractivity contribution in [1.82, 2.24) is 10.3 Å². The second-order valence-electron chi connectivity index (χ2n) is 3.97. The number of nitrogens with one attached hydrogen (secondary N) is 1. The molecule has 0 fully saturated rings. The summed E-state index contributed by atoms with van der Waals surface area (Å²) in [6, 6.07) is 4.48. The normalized spacial score (nSPS) is 12.6. The predicted molar refractivity (Wildman–Crippen MR) is 76.5 cm³/mol. The van der Waals surface area contributed by atoms with Crippen LogP contribution in [0.5, 0.6) is 0 Å². The summed E-state index contributed by atoms with van der Waals surface area (Å²) in [6.45, 7) is 2.13. The fourth-order valence-electron chi connectivity index (χ4n) is 1.86. The number of rotatable bonds is 4. The fraction of sp³-hybridized carbons (Fsp3) is 0.308. The van der Waals surface area contributed by atoms with E-state index in [4.69, 9.17) is 0 Å². The highest BCUT2D eigenvalue weighted by atomic mass is 79.9. The maximum atomic E-state index is 4.22. The SMILES string of the molecule is CNC(Cc1sccc1Br)c1cnccc1C. The number of nitrogens with zero attached hydrogens (tertiary/aromatic N) is 1. The maximum absolute atomic E-state index is 4.22. The first-order chi connectivity index (χ1) is 8.22. The van der Waals surface area contributed by atoms with Crippen LogP contribution in [0.3, 0.4) is 0 Å². The number of aromatic nitrogens is 1. The van der Waals surface area contributed by atoms with Crippen LogP contribution in [-0.2, 0) is 6.42 Å². The van der Waals surface area contributed by atoms with E-state index >= 15 is 0 Å². The Morgan fingerprint density at radius 3 is 2.88 bits per heavy atom. The van der Waals surface area contributed by atoms with Crippen molar-refractivity contribution >= 4 is 27.3 Å². The first kappa shape index (κ1) is 12.7. The quantitative estimate of drug-likeness (QED) is 0.931. The molecule has 0 aliphatic rings. The molecule has 2 heterocycles. The van der Waals surface area contributed by atoms with Gasteiger partial charge in [-0.05, 0) is 58.5 Å². The van der Waals surface area contributed by atoms with Crippen molar-refractivity contribution in [3.63, 3.8) is 0 Å². The first-order valence-electron chi connectivity index (χ1n) is 5.52. The molecule has 0 bridgehead atoms. The number of thiophene rings is 1. The summed E-state index contributed by atoms with van der Waals surface area (Å²) in [5, 5.41) is 5.48. The average molecular weight is 311 g/mol. The van der Waals surface area contributed by atoms with Gasteiger partial charge in [-0.2, -0.15) is 0 Å². The summed E-state index contributed by atoms with van der Waals surface area (Å²) < 4.78 is 1.20. The molecule has 0 saturated heterocycles. The molecular weight excluding hydrogens is 296 g/mol. The summed E-state index contributed by atoms with van der Waals surface area (Å²) in [7, 11) is 2.00. The minimum Gasteiger partial charge on any atom is -0.313 e. The molecule has 0 aliphatic heterocycles. The number of aryl methyl sites for hydroxylation is 1. The van der Waals surface area contributed by atoms with Crippen LogP contribution < -0.4 is 5.32 Å². The smallest absolute Gasteiger partial charge is 0.0384 e. The molecule has 0 spiro atoms. The van der Waals surface area contributed by atoms with Gasteiger partial charge in [0, 0.05) is 34.2 Å². The van der Waals surface area contributed by atoms with E-state index in [1.54, 1.807) is 11.3 Å². The Morgan fingerprint density at radius 2 is 2.29 bits per heavy atom. The number of halogens is 1. The van der Waals surface area contributed by atoms with E-state index in [2.05, 4.69) is 50.7 Å². The van der Waals surface area contributed by atoms with E-state index in [1.807, 2.05) is 19.4 Å². The van der Waals surface area contributed by atoms with Crippen molar-refractivity contribution in [2.24, 2.45) is 0 Å². The predicted octanol–water partition coefficient (Wildman–Crippen LogP) is 3.72. The fourth-order valence-corrected chi connectivity index (χ4v) is 3.43. The first-order valence-corrected chi connectivity index (χ1v) is 7.19. The number of likely N-dealkylation sites (N-methyl/N-ethyl adjacent to an activating group) is 1. The minimum atomic E-state index is 0.318. The Labute approximate surface area is 114 Å². The third-order valence-electron chi connectivity index (χ3n) is 2.88. The van der Waals surface area contributed by atoms with Crippen molar-refractivity contribution in [1.29, 1.82) is 0 Å². The van der Waals surface area contributed by atoms with Crippen molar-refractivity contribution in [3.05, 3.63) is 50.4 Å². The molecule has 90 valence electrons. The Hall–Kier alpha value is -0.710. The third kappa shape index (κ3) is 2.94. The Bertz CT molecular complexity index is 496. The number of hydrogen-bond acceptors (Lipinski definition) is 3. The van der Waals surface area contributed by atoms with Gasteiger partial charge in [0.15, 0.2) is 0 Å². The summed E-state index contributed by atoms with van der Waals surface area (Å²) in [5.41, 5.74) is 2.56. The molecule has 1 atom stereocenters. The summed E-state index contributed by atoms with van der Waals surface area (Å²) in [4.78, 5) is 5.59. The van der Waals surface area contributed by atoms with Gasteiger partial charge in [-0.3, -0.25) is 4.98 Å². The maximum Gasteiger partial charge on any atom is 0.0384 e. The molecular formula is C13H15BrN2S. The highest BCUT2D eigenvalue weighted by Crippen LogP contribution is 2.28. The Kier molecular flexibility index (Phi) is 4.31. The molecule has 2 nitrogen and oxygen atoms in total. The summed E-state index contributed by atoms with van der Waals surface area (Å²) >= 11 is 5.37. The molecule has 0 amide bonds. The standard InChI is InChI=1S/C13H15BrN2S/c1-9-3-5-16-8-10(9)12(15-2)7-13-11(14)4-6-17-13/h3-6,8,12,15H,7H2,1-2H3. The zero-order valence-electron chi connectivity index (χ0n) is 9.90. The molecule has 0 saturated carbocycles. The van der Waals surface area contributed by atoms with E-state index < -0.39 is 0 Å². The van der Waals surface area contributed by atoms with E-state index in [9.17, 15) is 0 Å². The second kappa shape index (κ2) is 5.76. The van der Waals surface area contributed by atoms with Crippen LogP contribution in [0.2, 0.25) is 0 Å². The third-order valence-corrected chi connectivity index (χ3v) is 4.83. The average Bonchev–Trinajstić information content (AvgIpc) is 2.73. The highest BCUT2D eigenvalue weighted by Gasteiger charge is 2.14. The van der Waals surface area contributed by atoms with Gasteiger partial charge in [0.05, 0.1) is 0 Å². The van der Waals surface area contributed by atoms with E-state index in [1.165, 1.54) is 20.5 Å². The van der Waals surface area contributed by atoms with Crippen molar-refractivity contribution in [2.75, 3.05) is 7.05 Å². The van der Waals surface area contributed by atoms with E-state index in [0.717, 1.165) is 6.42 Å². The largest absolute Gasteiger partial charge is 0.313 e.